The highest BCUT2D eigenvalue weighted by molar-refractivity contribution is 5.03. The zero-order valence-electron chi connectivity index (χ0n) is 8.42. The van der Waals surface area contributed by atoms with E-state index in [4.69, 9.17) is 5.11 Å². The van der Waals surface area contributed by atoms with Crippen molar-refractivity contribution in [3.8, 4) is 0 Å². The van der Waals surface area contributed by atoms with Crippen molar-refractivity contribution in [2.24, 2.45) is 5.41 Å². The molecule has 0 aromatic rings. The molecule has 15 heavy (non-hydrogen) atoms. The van der Waals surface area contributed by atoms with Crippen LogP contribution in [0.3, 0.4) is 0 Å². The summed E-state index contributed by atoms with van der Waals surface area (Å²) in [6.45, 7) is 2.62. The van der Waals surface area contributed by atoms with E-state index >= 15 is 0 Å². The molecule has 0 aliphatic heterocycles. The highest BCUT2D eigenvalue weighted by atomic mass is 19.4. The molecule has 1 N–H and O–H groups in total. The van der Waals surface area contributed by atoms with Crippen LogP contribution in [0.4, 0.5) is 26.3 Å². The minimum atomic E-state index is -5.75. The quantitative estimate of drug-likeness (QED) is 0.732. The first-order chi connectivity index (χ1) is 6.31. The zero-order valence-corrected chi connectivity index (χ0v) is 8.42. The molecule has 0 unspecified atom stereocenters. The molecule has 92 valence electrons. The summed E-state index contributed by atoms with van der Waals surface area (Å²) in [5.74, 6) is 0. The first kappa shape index (κ1) is 14.5. The molecule has 0 fully saturated rings. The Bertz CT molecular complexity index is 212. The second kappa shape index (κ2) is 3.54. The molecule has 0 rings (SSSR count). The number of hydrogen-bond donors (Lipinski definition) is 1. The molecule has 0 amide bonds. The van der Waals surface area contributed by atoms with Crippen molar-refractivity contribution in [3.63, 3.8) is 0 Å². The van der Waals surface area contributed by atoms with Gasteiger partial charge in [0.2, 0.25) is 0 Å². The lowest BCUT2D eigenvalue weighted by Crippen LogP contribution is -2.65. The standard InChI is InChI=1S/C8H12F6O/c1-4-5(2,3)6(15,7(9,10)11)8(12,13)14/h15H,4H2,1-3H3. The molecule has 0 aliphatic carbocycles. The van der Waals surface area contributed by atoms with E-state index in [1.54, 1.807) is 0 Å². The van der Waals surface area contributed by atoms with Crippen LogP contribution in [0, 0.1) is 5.41 Å². The van der Waals surface area contributed by atoms with Crippen LogP contribution in [0.2, 0.25) is 0 Å². The van der Waals surface area contributed by atoms with Gasteiger partial charge in [-0.25, -0.2) is 0 Å². The van der Waals surface area contributed by atoms with Gasteiger partial charge in [-0.15, -0.1) is 0 Å². The summed E-state index contributed by atoms with van der Waals surface area (Å²) in [5.41, 5.74) is -7.01. The molecule has 0 saturated heterocycles. The SMILES string of the molecule is CCC(C)(C)C(O)(C(F)(F)F)C(F)(F)F. The number of alkyl halides is 6. The molecular formula is C8H12F6O. The molecule has 0 aromatic carbocycles. The van der Waals surface area contributed by atoms with Crippen molar-refractivity contribution in [2.45, 2.75) is 45.1 Å². The van der Waals surface area contributed by atoms with Crippen molar-refractivity contribution < 1.29 is 31.4 Å². The summed E-state index contributed by atoms with van der Waals surface area (Å²) in [7, 11) is 0. The number of halogens is 6. The second-order valence-corrected chi connectivity index (χ2v) is 3.94. The highest BCUT2D eigenvalue weighted by Gasteiger charge is 2.76. The van der Waals surface area contributed by atoms with Crippen molar-refractivity contribution >= 4 is 0 Å². The minimum absolute atomic E-state index is 0.456. The fraction of sp³-hybridized carbons (Fsp3) is 1.00. The molecule has 0 aromatic heterocycles. The monoisotopic (exact) mass is 238 g/mol. The predicted octanol–water partition coefficient (Wildman–Crippen LogP) is 3.28. The summed E-state index contributed by atoms with van der Waals surface area (Å²) in [6.07, 6.45) is -11.9. The predicted molar refractivity (Wildman–Crippen MR) is 41.1 cm³/mol. The molecular weight excluding hydrogens is 226 g/mol. The highest BCUT2D eigenvalue weighted by Crippen LogP contribution is 2.54. The van der Waals surface area contributed by atoms with Crippen molar-refractivity contribution in [1.82, 2.24) is 0 Å². The summed E-state index contributed by atoms with van der Waals surface area (Å²) in [5, 5.41) is 8.96. The smallest absolute Gasteiger partial charge is 0.373 e. The van der Waals surface area contributed by atoms with Crippen LogP contribution < -0.4 is 0 Å². The molecule has 0 saturated carbocycles. The van der Waals surface area contributed by atoms with Gasteiger partial charge in [-0.05, 0) is 6.42 Å². The van der Waals surface area contributed by atoms with Gasteiger partial charge in [0, 0.05) is 5.41 Å². The molecule has 0 atom stereocenters. The number of aliphatic hydroxyl groups is 1. The average Bonchev–Trinajstić information content (AvgIpc) is 1.98. The van der Waals surface area contributed by atoms with Gasteiger partial charge in [0.15, 0.2) is 0 Å². The fourth-order valence-electron chi connectivity index (χ4n) is 1.18. The van der Waals surface area contributed by atoms with Crippen molar-refractivity contribution in [3.05, 3.63) is 0 Å². The minimum Gasteiger partial charge on any atom is -0.373 e. The van der Waals surface area contributed by atoms with Crippen LogP contribution in [-0.2, 0) is 0 Å². The van der Waals surface area contributed by atoms with E-state index < -0.39 is 29.8 Å². The maximum absolute atomic E-state index is 12.3. The lowest BCUT2D eigenvalue weighted by atomic mass is 9.72. The van der Waals surface area contributed by atoms with Gasteiger partial charge < -0.3 is 5.11 Å². The van der Waals surface area contributed by atoms with E-state index in [0.29, 0.717) is 0 Å². The van der Waals surface area contributed by atoms with Gasteiger partial charge >= 0.3 is 12.4 Å². The van der Waals surface area contributed by atoms with Crippen LogP contribution in [0.1, 0.15) is 27.2 Å². The van der Waals surface area contributed by atoms with E-state index in [1.165, 1.54) is 0 Å². The number of rotatable bonds is 2. The Morgan fingerprint density at radius 2 is 1.13 bits per heavy atom. The Labute approximate surface area is 83.1 Å². The van der Waals surface area contributed by atoms with E-state index in [1.807, 2.05) is 0 Å². The van der Waals surface area contributed by atoms with E-state index in [2.05, 4.69) is 0 Å². The van der Waals surface area contributed by atoms with E-state index in [-0.39, 0.29) is 0 Å². The van der Waals surface area contributed by atoms with Crippen LogP contribution in [0.25, 0.3) is 0 Å². The third kappa shape index (κ3) is 2.07. The van der Waals surface area contributed by atoms with Gasteiger partial charge in [-0.1, -0.05) is 20.8 Å². The first-order valence-electron chi connectivity index (χ1n) is 4.17. The number of hydrogen-bond acceptors (Lipinski definition) is 1. The van der Waals surface area contributed by atoms with Crippen molar-refractivity contribution in [1.29, 1.82) is 0 Å². The Morgan fingerprint density at radius 1 is 0.867 bits per heavy atom. The summed E-state index contributed by atoms with van der Waals surface area (Å²) in [4.78, 5) is 0. The summed E-state index contributed by atoms with van der Waals surface area (Å²) < 4.78 is 73.9. The molecule has 0 aliphatic rings. The molecule has 1 nitrogen and oxygen atoms in total. The molecule has 0 radical (unpaired) electrons. The molecule has 0 heterocycles. The van der Waals surface area contributed by atoms with E-state index in [9.17, 15) is 26.3 Å². The Kier molecular flexibility index (Phi) is 3.43. The van der Waals surface area contributed by atoms with Gasteiger partial charge in [0.25, 0.3) is 5.60 Å². The summed E-state index contributed by atoms with van der Waals surface area (Å²) in [6, 6.07) is 0. The topological polar surface area (TPSA) is 20.2 Å². The van der Waals surface area contributed by atoms with Crippen LogP contribution in [0.15, 0.2) is 0 Å². The van der Waals surface area contributed by atoms with Gasteiger partial charge in [0.1, 0.15) is 0 Å². The zero-order chi connectivity index (χ0) is 12.7. The lowest BCUT2D eigenvalue weighted by molar-refractivity contribution is -0.400. The Morgan fingerprint density at radius 3 is 1.20 bits per heavy atom. The maximum Gasteiger partial charge on any atom is 0.426 e. The van der Waals surface area contributed by atoms with Crippen LogP contribution in [-0.4, -0.2) is 23.1 Å². The normalized spacial score (nSPS) is 15.6. The second-order valence-electron chi connectivity index (χ2n) is 3.94. The van der Waals surface area contributed by atoms with Crippen LogP contribution >= 0.6 is 0 Å². The summed E-state index contributed by atoms with van der Waals surface area (Å²) >= 11 is 0. The Balaban J connectivity index is 5.65. The van der Waals surface area contributed by atoms with Gasteiger partial charge in [-0.2, -0.15) is 26.3 Å². The molecule has 7 heteroatoms. The average molecular weight is 238 g/mol. The molecule has 0 spiro atoms. The first-order valence-corrected chi connectivity index (χ1v) is 4.17. The van der Waals surface area contributed by atoms with Crippen LogP contribution in [0.5, 0.6) is 0 Å². The maximum atomic E-state index is 12.3. The molecule has 0 bridgehead atoms. The van der Waals surface area contributed by atoms with E-state index in [0.717, 1.165) is 20.8 Å². The Hall–Kier alpha value is -0.460. The third-order valence-corrected chi connectivity index (χ3v) is 2.68. The third-order valence-electron chi connectivity index (χ3n) is 2.68. The van der Waals surface area contributed by atoms with Gasteiger partial charge in [-0.3, -0.25) is 0 Å². The lowest BCUT2D eigenvalue weighted by Gasteiger charge is -2.43. The van der Waals surface area contributed by atoms with Gasteiger partial charge in [0.05, 0.1) is 0 Å². The van der Waals surface area contributed by atoms with Crippen molar-refractivity contribution in [2.75, 3.05) is 0 Å². The fourth-order valence-corrected chi connectivity index (χ4v) is 1.18. The largest absolute Gasteiger partial charge is 0.426 e.